The Morgan fingerprint density at radius 3 is 2.73 bits per heavy atom. The number of para-hydroxylation sites is 2. The second-order valence-electron chi connectivity index (χ2n) is 7.21. The van der Waals surface area contributed by atoms with E-state index in [1.165, 1.54) is 17.3 Å². The van der Waals surface area contributed by atoms with Gasteiger partial charge >= 0.3 is 0 Å². The van der Waals surface area contributed by atoms with Crippen molar-refractivity contribution < 1.29 is 0 Å². The molecule has 1 aliphatic rings. The average Bonchev–Trinajstić information content (AvgIpc) is 3.31. The number of aromatic amines is 1. The molecule has 148 valence electrons. The molecule has 1 aromatic carbocycles. The van der Waals surface area contributed by atoms with Gasteiger partial charge in [-0.3, -0.25) is 4.79 Å². The molecular formula is C23H18N4OS2. The van der Waals surface area contributed by atoms with Crippen molar-refractivity contribution >= 4 is 34.1 Å². The van der Waals surface area contributed by atoms with Crippen LogP contribution in [0.25, 0.3) is 21.6 Å². The highest BCUT2D eigenvalue weighted by Crippen LogP contribution is 2.38. The molecule has 1 aliphatic carbocycles. The molecule has 0 saturated carbocycles. The number of pyridine rings is 1. The minimum atomic E-state index is -0.198. The van der Waals surface area contributed by atoms with Crippen LogP contribution < -0.4 is 5.56 Å². The number of hydrogen-bond donors (Lipinski definition) is 1. The van der Waals surface area contributed by atoms with Gasteiger partial charge in [-0.1, -0.05) is 30.0 Å². The maximum atomic E-state index is 12.5. The third-order valence-corrected chi connectivity index (χ3v) is 7.23. The molecule has 3 heterocycles. The number of nitrogens with zero attached hydrogens (tertiary/aromatic N) is 3. The van der Waals surface area contributed by atoms with E-state index < -0.39 is 0 Å². The van der Waals surface area contributed by atoms with E-state index in [0.29, 0.717) is 22.0 Å². The minimum Gasteiger partial charge on any atom is -0.319 e. The molecule has 0 saturated heterocycles. The highest BCUT2D eigenvalue weighted by atomic mass is 32.2. The van der Waals surface area contributed by atoms with Gasteiger partial charge in [0, 0.05) is 5.75 Å². The van der Waals surface area contributed by atoms with Crippen molar-refractivity contribution in [3.05, 3.63) is 74.5 Å². The van der Waals surface area contributed by atoms with Crippen molar-refractivity contribution in [3.8, 4) is 16.6 Å². The summed E-state index contributed by atoms with van der Waals surface area (Å²) in [6.07, 6.45) is 4.08. The van der Waals surface area contributed by atoms with E-state index >= 15 is 0 Å². The fourth-order valence-electron chi connectivity index (χ4n) is 3.94. The number of hydrogen-bond acceptors (Lipinski definition) is 6. The molecule has 0 spiro atoms. The lowest BCUT2D eigenvalue weighted by atomic mass is 9.88. The number of H-pyrrole nitrogens is 1. The largest absolute Gasteiger partial charge is 0.319 e. The molecule has 0 unspecified atom stereocenters. The smallest absolute Gasteiger partial charge is 0.271 e. The molecule has 4 aromatic rings. The van der Waals surface area contributed by atoms with E-state index in [9.17, 15) is 10.1 Å². The molecule has 3 aromatic heterocycles. The molecule has 0 aliphatic heterocycles. The second kappa shape index (κ2) is 8.05. The first-order chi connectivity index (χ1) is 14.7. The zero-order chi connectivity index (χ0) is 20.5. The molecule has 0 bridgehead atoms. The zero-order valence-electron chi connectivity index (χ0n) is 16.1. The van der Waals surface area contributed by atoms with Crippen molar-refractivity contribution in [2.45, 2.75) is 36.5 Å². The summed E-state index contributed by atoms with van der Waals surface area (Å²) in [4.78, 5) is 25.9. The Kier molecular flexibility index (Phi) is 5.11. The number of benzene rings is 1. The van der Waals surface area contributed by atoms with Crippen LogP contribution in [0.4, 0.5) is 0 Å². The molecule has 0 atom stereocenters. The third kappa shape index (κ3) is 3.42. The number of nitriles is 1. The molecule has 30 heavy (non-hydrogen) atoms. The van der Waals surface area contributed by atoms with Crippen molar-refractivity contribution in [2.24, 2.45) is 0 Å². The fraction of sp³-hybridized carbons (Fsp3) is 0.217. The predicted octanol–water partition coefficient (Wildman–Crippen LogP) is 5.09. The Morgan fingerprint density at radius 2 is 1.93 bits per heavy atom. The second-order valence-corrected chi connectivity index (χ2v) is 9.12. The highest BCUT2D eigenvalue weighted by Gasteiger charge is 2.23. The Hall–Kier alpha value is -2.95. The Morgan fingerprint density at radius 1 is 1.10 bits per heavy atom. The van der Waals surface area contributed by atoms with Crippen molar-refractivity contribution in [1.29, 1.82) is 5.26 Å². The van der Waals surface area contributed by atoms with Crippen LogP contribution in [-0.4, -0.2) is 15.0 Å². The molecule has 5 rings (SSSR count). The number of nitrogens with one attached hydrogen (secondary N) is 1. The molecule has 7 heteroatoms. The summed E-state index contributed by atoms with van der Waals surface area (Å²) >= 11 is 3.09. The minimum absolute atomic E-state index is 0.198. The SMILES string of the molecule is N#Cc1c(SCc2nc3ccccc3[nH]c2=O)nc(-c2cccs2)c2c1CCCC2. The first-order valence-electron chi connectivity index (χ1n) is 9.85. The van der Waals surface area contributed by atoms with E-state index in [-0.39, 0.29) is 5.56 Å². The zero-order valence-corrected chi connectivity index (χ0v) is 17.8. The maximum absolute atomic E-state index is 12.5. The van der Waals surface area contributed by atoms with Gasteiger partial charge in [-0.2, -0.15) is 5.26 Å². The summed E-state index contributed by atoms with van der Waals surface area (Å²) in [5.41, 5.74) is 5.72. The molecule has 0 fully saturated rings. The fourth-order valence-corrected chi connectivity index (χ4v) is 5.61. The quantitative estimate of drug-likeness (QED) is 0.456. The van der Waals surface area contributed by atoms with Crippen molar-refractivity contribution in [1.82, 2.24) is 15.0 Å². The monoisotopic (exact) mass is 430 g/mol. The molecule has 5 nitrogen and oxygen atoms in total. The van der Waals surface area contributed by atoms with Gasteiger partial charge in [-0.25, -0.2) is 9.97 Å². The Balaban J connectivity index is 1.56. The van der Waals surface area contributed by atoms with E-state index in [1.54, 1.807) is 11.3 Å². The van der Waals surface area contributed by atoms with Gasteiger partial charge in [-0.15, -0.1) is 11.3 Å². The summed E-state index contributed by atoms with van der Waals surface area (Å²) in [5.74, 6) is 0.366. The average molecular weight is 431 g/mol. The van der Waals surface area contributed by atoms with Crippen LogP contribution in [0.5, 0.6) is 0 Å². The first-order valence-corrected chi connectivity index (χ1v) is 11.7. The van der Waals surface area contributed by atoms with E-state index in [2.05, 4.69) is 27.5 Å². The van der Waals surface area contributed by atoms with Crippen LogP contribution in [0.1, 0.15) is 35.2 Å². The van der Waals surface area contributed by atoms with Crippen LogP contribution in [0.15, 0.2) is 51.6 Å². The summed E-state index contributed by atoms with van der Waals surface area (Å²) in [6, 6.07) is 14.0. The van der Waals surface area contributed by atoms with Gasteiger partial charge in [0.1, 0.15) is 16.8 Å². The van der Waals surface area contributed by atoms with E-state index in [1.807, 2.05) is 30.3 Å². The van der Waals surface area contributed by atoms with Crippen LogP contribution >= 0.6 is 23.1 Å². The summed E-state index contributed by atoms with van der Waals surface area (Å²) in [7, 11) is 0. The molecular weight excluding hydrogens is 412 g/mol. The van der Waals surface area contributed by atoms with Gasteiger partial charge < -0.3 is 4.98 Å². The molecule has 0 amide bonds. The van der Waals surface area contributed by atoms with Crippen LogP contribution in [0, 0.1) is 11.3 Å². The normalized spacial score (nSPS) is 13.2. The topological polar surface area (TPSA) is 82.4 Å². The van der Waals surface area contributed by atoms with E-state index in [4.69, 9.17) is 4.98 Å². The summed E-state index contributed by atoms with van der Waals surface area (Å²) in [6.45, 7) is 0. The van der Waals surface area contributed by atoms with Crippen LogP contribution in [-0.2, 0) is 18.6 Å². The Bertz CT molecular complexity index is 1340. The van der Waals surface area contributed by atoms with Crippen molar-refractivity contribution in [3.63, 3.8) is 0 Å². The van der Waals surface area contributed by atoms with Gasteiger partial charge in [-0.05, 0) is 60.4 Å². The third-order valence-electron chi connectivity index (χ3n) is 5.36. The van der Waals surface area contributed by atoms with Crippen LogP contribution in [0.3, 0.4) is 0 Å². The standard InChI is InChI=1S/C23H18N4OS2/c24-12-16-14-6-1-2-7-15(14)21(20-10-5-11-29-20)27-23(16)30-13-19-22(28)26-18-9-4-3-8-17(18)25-19/h3-5,8-11H,1-2,6-7,13H2,(H,26,28). The molecule has 1 N–H and O–H groups in total. The lowest BCUT2D eigenvalue weighted by Gasteiger charge is -2.21. The number of aromatic nitrogens is 3. The number of rotatable bonds is 4. The number of thioether (sulfide) groups is 1. The Labute approximate surface area is 181 Å². The van der Waals surface area contributed by atoms with E-state index in [0.717, 1.165) is 52.9 Å². The van der Waals surface area contributed by atoms with Gasteiger partial charge in [0.25, 0.3) is 5.56 Å². The lowest BCUT2D eigenvalue weighted by molar-refractivity contribution is 0.678. The maximum Gasteiger partial charge on any atom is 0.271 e. The first kappa shape index (κ1) is 19.0. The number of thiophene rings is 1. The van der Waals surface area contributed by atoms with Crippen LogP contribution in [0.2, 0.25) is 0 Å². The van der Waals surface area contributed by atoms with Gasteiger partial charge in [0.05, 0.1) is 27.2 Å². The summed E-state index contributed by atoms with van der Waals surface area (Å²) < 4.78 is 0. The molecule has 0 radical (unpaired) electrons. The highest BCUT2D eigenvalue weighted by molar-refractivity contribution is 7.98. The van der Waals surface area contributed by atoms with Crippen molar-refractivity contribution in [2.75, 3.05) is 0 Å². The summed E-state index contributed by atoms with van der Waals surface area (Å²) in [5, 5.41) is 12.6. The predicted molar refractivity (Wildman–Crippen MR) is 121 cm³/mol. The lowest BCUT2D eigenvalue weighted by Crippen LogP contribution is -2.14. The number of fused-ring (bicyclic) bond motifs is 2. The van der Waals surface area contributed by atoms with Gasteiger partial charge in [0.2, 0.25) is 0 Å². The van der Waals surface area contributed by atoms with Gasteiger partial charge in [0.15, 0.2) is 0 Å².